The molecule has 1 saturated heterocycles. The molecule has 2 aliphatic rings. The Bertz CT molecular complexity index is 653. The summed E-state index contributed by atoms with van der Waals surface area (Å²) >= 11 is 0. The van der Waals surface area contributed by atoms with Gasteiger partial charge in [-0.1, -0.05) is 0 Å². The molecule has 1 aromatic rings. The van der Waals surface area contributed by atoms with E-state index in [9.17, 15) is 9.90 Å². The normalized spacial score (nSPS) is 24.7. The first kappa shape index (κ1) is 16.9. The number of aliphatic hydroxyl groups is 1. The summed E-state index contributed by atoms with van der Waals surface area (Å²) in [6, 6.07) is 3.82. The van der Waals surface area contributed by atoms with Gasteiger partial charge in [0, 0.05) is 39.8 Å². The molecule has 2 aliphatic heterocycles. The van der Waals surface area contributed by atoms with Gasteiger partial charge in [0.25, 0.3) is 5.91 Å². The summed E-state index contributed by atoms with van der Waals surface area (Å²) in [6.07, 6.45) is 1.27. The van der Waals surface area contributed by atoms with Crippen LogP contribution >= 0.6 is 0 Å². The number of amides is 1. The number of rotatable bonds is 5. The number of piperidine rings is 1. The zero-order valence-electron chi connectivity index (χ0n) is 13.9. The fraction of sp³-hybridized carbons (Fsp3) is 0.688. The molecule has 1 atom stereocenters. The molecule has 0 spiro atoms. The van der Waals surface area contributed by atoms with Crippen molar-refractivity contribution >= 4 is 5.91 Å². The molecule has 1 aromatic heterocycles. The fourth-order valence-electron chi connectivity index (χ4n) is 3.51. The molecule has 0 unspecified atom stereocenters. The van der Waals surface area contributed by atoms with E-state index < -0.39 is 5.60 Å². The quantitative estimate of drug-likeness (QED) is 0.786. The SMILES string of the molecule is COCCN1CCC[C@@](O)(CN2CCn3nc(C#N)cc3C2)C1=O. The van der Waals surface area contributed by atoms with Crippen molar-refractivity contribution in [3.63, 3.8) is 0 Å². The number of hydrogen-bond donors (Lipinski definition) is 1. The second kappa shape index (κ2) is 6.89. The van der Waals surface area contributed by atoms with Crippen molar-refractivity contribution in [2.75, 3.05) is 39.9 Å². The van der Waals surface area contributed by atoms with Gasteiger partial charge in [0.1, 0.15) is 6.07 Å². The number of fused-ring (bicyclic) bond motifs is 1. The standard InChI is InChI=1S/C16H23N5O3/c1-24-8-7-20-4-2-3-16(23,15(20)22)12-19-5-6-21-14(11-19)9-13(10-17)18-21/h9,23H,2-8,11-12H2,1H3/t16-/m1/s1. The number of nitrogens with zero attached hydrogens (tertiary/aromatic N) is 5. The minimum absolute atomic E-state index is 0.206. The minimum atomic E-state index is -1.34. The first-order valence-corrected chi connectivity index (χ1v) is 8.25. The molecule has 3 rings (SSSR count). The summed E-state index contributed by atoms with van der Waals surface area (Å²) < 4.78 is 6.87. The first-order chi connectivity index (χ1) is 11.6. The fourth-order valence-corrected chi connectivity index (χ4v) is 3.51. The van der Waals surface area contributed by atoms with Gasteiger partial charge in [-0.2, -0.15) is 10.4 Å². The molecule has 1 fully saturated rings. The van der Waals surface area contributed by atoms with E-state index in [0.717, 1.165) is 12.1 Å². The van der Waals surface area contributed by atoms with Gasteiger partial charge in [-0.15, -0.1) is 0 Å². The lowest BCUT2D eigenvalue weighted by molar-refractivity contribution is -0.160. The maximum Gasteiger partial charge on any atom is 0.255 e. The van der Waals surface area contributed by atoms with Gasteiger partial charge in [0.2, 0.25) is 0 Å². The van der Waals surface area contributed by atoms with Crippen molar-refractivity contribution in [3.05, 3.63) is 17.5 Å². The lowest BCUT2D eigenvalue weighted by Crippen LogP contribution is -2.59. The molecule has 24 heavy (non-hydrogen) atoms. The lowest BCUT2D eigenvalue weighted by Gasteiger charge is -2.41. The molecule has 1 amide bonds. The first-order valence-electron chi connectivity index (χ1n) is 8.25. The summed E-state index contributed by atoms with van der Waals surface area (Å²) in [5.41, 5.74) is 0.0117. The predicted molar refractivity (Wildman–Crippen MR) is 84.9 cm³/mol. The second-order valence-electron chi connectivity index (χ2n) is 6.49. The summed E-state index contributed by atoms with van der Waals surface area (Å²) in [4.78, 5) is 16.4. The summed E-state index contributed by atoms with van der Waals surface area (Å²) in [5, 5.41) is 24.1. The van der Waals surface area contributed by atoms with Crippen LogP contribution in [0.25, 0.3) is 0 Å². The molecule has 8 nitrogen and oxygen atoms in total. The van der Waals surface area contributed by atoms with Crippen molar-refractivity contribution < 1.29 is 14.6 Å². The average Bonchev–Trinajstić information content (AvgIpc) is 2.99. The molecule has 0 saturated carbocycles. The van der Waals surface area contributed by atoms with E-state index in [4.69, 9.17) is 10.00 Å². The Hall–Kier alpha value is -1.95. The van der Waals surface area contributed by atoms with Crippen LogP contribution in [0, 0.1) is 11.3 Å². The van der Waals surface area contributed by atoms with E-state index in [-0.39, 0.29) is 5.91 Å². The molecule has 1 N–H and O–H groups in total. The number of nitriles is 1. The highest BCUT2D eigenvalue weighted by Gasteiger charge is 2.43. The number of aromatic nitrogens is 2. The Morgan fingerprint density at radius 3 is 3.04 bits per heavy atom. The zero-order valence-corrected chi connectivity index (χ0v) is 13.9. The van der Waals surface area contributed by atoms with E-state index in [1.807, 2.05) is 10.8 Å². The zero-order chi connectivity index (χ0) is 17.2. The predicted octanol–water partition coefficient (Wildman–Crippen LogP) is -0.430. The van der Waals surface area contributed by atoms with Crippen LogP contribution in [-0.2, 0) is 22.6 Å². The van der Waals surface area contributed by atoms with Crippen molar-refractivity contribution in [2.24, 2.45) is 0 Å². The van der Waals surface area contributed by atoms with Crippen molar-refractivity contribution in [3.8, 4) is 6.07 Å². The topological polar surface area (TPSA) is 94.6 Å². The number of ether oxygens (including phenoxy) is 1. The van der Waals surface area contributed by atoms with Gasteiger partial charge in [-0.25, -0.2) is 0 Å². The number of likely N-dealkylation sites (tertiary alicyclic amines) is 1. The summed E-state index contributed by atoms with van der Waals surface area (Å²) in [5.74, 6) is -0.206. The molecular formula is C16H23N5O3. The molecular weight excluding hydrogens is 310 g/mol. The van der Waals surface area contributed by atoms with Crippen LogP contribution in [0.1, 0.15) is 24.2 Å². The number of β-amino-alcohol motifs (C(OH)–C–C–N with tert-alkyl or cyclic N) is 1. The summed E-state index contributed by atoms with van der Waals surface area (Å²) in [6.45, 7) is 3.91. The Morgan fingerprint density at radius 1 is 1.46 bits per heavy atom. The Balaban J connectivity index is 1.66. The van der Waals surface area contributed by atoms with E-state index in [0.29, 0.717) is 58.0 Å². The van der Waals surface area contributed by atoms with Crippen LogP contribution in [0.5, 0.6) is 0 Å². The van der Waals surface area contributed by atoms with Crippen LogP contribution in [-0.4, -0.2) is 76.1 Å². The summed E-state index contributed by atoms with van der Waals surface area (Å²) in [7, 11) is 1.60. The highest BCUT2D eigenvalue weighted by Crippen LogP contribution is 2.25. The molecule has 130 valence electrons. The van der Waals surface area contributed by atoms with Gasteiger partial charge < -0.3 is 14.7 Å². The van der Waals surface area contributed by atoms with Crippen LogP contribution in [0.2, 0.25) is 0 Å². The third kappa shape index (κ3) is 3.29. The van der Waals surface area contributed by atoms with Crippen molar-refractivity contribution in [2.45, 2.75) is 31.5 Å². The van der Waals surface area contributed by atoms with E-state index >= 15 is 0 Å². The van der Waals surface area contributed by atoms with Crippen LogP contribution in [0.3, 0.4) is 0 Å². The van der Waals surface area contributed by atoms with E-state index in [2.05, 4.69) is 10.00 Å². The van der Waals surface area contributed by atoms with Crippen LogP contribution in [0.15, 0.2) is 6.07 Å². The van der Waals surface area contributed by atoms with Gasteiger partial charge in [0.15, 0.2) is 11.3 Å². The van der Waals surface area contributed by atoms with Gasteiger partial charge >= 0.3 is 0 Å². The molecule has 0 aromatic carbocycles. The van der Waals surface area contributed by atoms with Crippen LogP contribution < -0.4 is 0 Å². The molecule has 0 aliphatic carbocycles. The van der Waals surface area contributed by atoms with Gasteiger partial charge in [0.05, 0.1) is 18.8 Å². The third-order valence-corrected chi connectivity index (χ3v) is 4.75. The highest BCUT2D eigenvalue weighted by molar-refractivity contribution is 5.86. The lowest BCUT2D eigenvalue weighted by atomic mass is 9.91. The van der Waals surface area contributed by atoms with Crippen molar-refractivity contribution in [1.82, 2.24) is 19.6 Å². The average molecular weight is 333 g/mol. The maximum atomic E-state index is 12.7. The van der Waals surface area contributed by atoms with Gasteiger partial charge in [-0.05, 0) is 18.9 Å². The third-order valence-electron chi connectivity index (χ3n) is 4.75. The minimum Gasteiger partial charge on any atom is -0.383 e. The maximum absolute atomic E-state index is 12.7. The number of hydrogen-bond acceptors (Lipinski definition) is 6. The smallest absolute Gasteiger partial charge is 0.255 e. The second-order valence-corrected chi connectivity index (χ2v) is 6.49. The van der Waals surface area contributed by atoms with E-state index in [1.54, 1.807) is 18.1 Å². The Morgan fingerprint density at radius 2 is 2.29 bits per heavy atom. The Labute approximate surface area is 141 Å². The van der Waals surface area contributed by atoms with Crippen molar-refractivity contribution in [1.29, 1.82) is 5.26 Å². The van der Waals surface area contributed by atoms with Gasteiger partial charge in [-0.3, -0.25) is 14.4 Å². The molecule has 0 radical (unpaired) electrons. The highest BCUT2D eigenvalue weighted by atomic mass is 16.5. The van der Waals surface area contributed by atoms with E-state index in [1.165, 1.54) is 0 Å². The largest absolute Gasteiger partial charge is 0.383 e. The molecule has 0 bridgehead atoms. The molecule has 3 heterocycles. The van der Waals surface area contributed by atoms with Crippen LogP contribution in [0.4, 0.5) is 0 Å². The monoisotopic (exact) mass is 333 g/mol. The molecule has 8 heteroatoms. The number of carbonyl (C=O) groups is 1. The number of carbonyl (C=O) groups excluding carboxylic acids is 1. The number of methoxy groups -OCH3 is 1. The Kier molecular flexibility index (Phi) is 4.85.